The molecule has 3 rings (SSSR count). The molecule has 1 aromatic carbocycles. The van der Waals surface area contributed by atoms with Crippen molar-refractivity contribution in [1.82, 2.24) is 5.32 Å². The Morgan fingerprint density at radius 2 is 2.15 bits per heavy atom. The molecule has 1 aromatic rings. The lowest BCUT2D eigenvalue weighted by Crippen LogP contribution is -2.43. The Hall–Kier alpha value is -1.75. The first-order valence-corrected chi connectivity index (χ1v) is 7.16. The Morgan fingerprint density at radius 3 is 3.00 bits per heavy atom. The predicted molar refractivity (Wildman–Crippen MR) is 74.3 cm³/mol. The normalized spacial score (nSPS) is 24.4. The summed E-state index contributed by atoms with van der Waals surface area (Å²) in [5.74, 6) is 1.47. The molecule has 5 nitrogen and oxygen atoms in total. The lowest BCUT2D eigenvalue weighted by molar-refractivity contribution is -0.126. The molecule has 20 heavy (non-hydrogen) atoms. The van der Waals surface area contributed by atoms with Crippen LogP contribution < -0.4 is 20.5 Å². The van der Waals surface area contributed by atoms with Crippen LogP contribution in [-0.2, 0) is 11.3 Å². The minimum absolute atomic E-state index is 0.00942. The van der Waals surface area contributed by atoms with E-state index in [1.807, 2.05) is 18.2 Å². The summed E-state index contributed by atoms with van der Waals surface area (Å²) in [6.07, 6.45) is 4.04. The van der Waals surface area contributed by atoms with Gasteiger partial charge in [0.1, 0.15) is 0 Å². The molecule has 0 saturated heterocycles. The van der Waals surface area contributed by atoms with Crippen LogP contribution in [-0.4, -0.2) is 18.7 Å². The molecule has 0 bridgehead atoms. The van der Waals surface area contributed by atoms with Crippen molar-refractivity contribution in [2.24, 2.45) is 11.7 Å². The van der Waals surface area contributed by atoms with Gasteiger partial charge in [-0.25, -0.2) is 0 Å². The van der Waals surface area contributed by atoms with Crippen LogP contribution in [0.1, 0.15) is 31.2 Å². The van der Waals surface area contributed by atoms with Gasteiger partial charge < -0.3 is 20.5 Å². The van der Waals surface area contributed by atoms with Crippen LogP contribution in [0.5, 0.6) is 11.5 Å². The van der Waals surface area contributed by atoms with Gasteiger partial charge in [0.05, 0.1) is 5.92 Å². The van der Waals surface area contributed by atoms with Crippen LogP contribution in [0, 0.1) is 5.92 Å². The van der Waals surface area contributed by atoms with Crippen LogP contribution in [0.4, 0.5) is 0 Å². The van der Waals surface area contributed by atoms with Crippen molar-refractivity contribution in [3.8, 4) is 11.5 Å². The number of nitrogens with two attached hydrogens (primary N) is 1. The zero-order chi connectivity index (χ0) is 13.9. The fourth-order valence-corrected chi connectivity index (χ4v) is 2.93. The summed E-state index contributed by atoms with van der Waals surface area (Å²) in [5, 5.41) is 2.97. The van der Waals surface area contributed by atoms with Gasteiger partial charge in [0.15, 0.2) is 11.5 Å². The number of benzene rings is 1. The molecule has 2 atom stereocenters. The molecule has 2 aliphatic rings. The van der Waals surface area contributed by atoms with Crippen LogP contribution >= 0.6 is 0 Å². The highest BCUT2D eigenvalue weighted by Gasteiger charge is 2.28. The SMILES string of the molecule is NC1CCCCC1C(=O)NCc1cccc2c1OCO2. The Labute approximate surface area is 118 Å². The molecular formula is C15H20N2O3. The zero-order valence-corrected chi connectivity index (χ0v) is 11.4. The smallest absolute Gasteiger partial charge is 0.231 e. The van der Waals surface area contributed by atoms with E-state index >= 15 is 0 Å². The van der Waals surface area contributed by atoms with Gasteiger partial charge in [-0.05, 0) is 18.9 Å². The number of para-hydroxylation sites is 1. The highest BCUT2D eigenvalue weighted by molar-refractivity contribution is 5.79. The van der Waals surface area contributed by atoms with Gasteiger partial charge in [0.2, 0.25) is 12.7 Å². The number of fused-ring (bicyclic) bond motifs is 1. The van der Waals surface area contributed by atoms with E-state index in [2.05, 4.69) is 5.32 Å². The minimum Gasteiger partial charge on any atom is -0.454 e. The largest absolute Gasteiger partial charge is 0.454 e. The molecule has 3 N–H and O–H groups in total. The summed E-state index contributed by atoms with van der Waals surface area (Å²) in [5.41, 5.74) is 6.98. The number of ether oxygens (including phenoxy) is 2. The summed E-state index contributed by atoms with van der Waals surface area (Å²) in [4.78, 5) is 12.2. The van der Waals surface area contributed by atoms with E-state index in [1.165, 1.54) is 0 Å². The van der Waals surface area contributed by atoms with Crippen LogP contribution in [0.25, 0.3) is 0 Å². The summed E-state index contributed by atoms with van der Waals surface area (Å²) >= 11 is 0. The topological polar surface area (TPSA) is 73.6 Å². The number of nitrogens with one attached hydrogen (secondary N) is 1. The Kier molecular flexibility index (Phi) is 3.78. The van der Waals surface area contributed by atoms with Crippen molar-refractivity contribution in [2.45, 2.75) is 38.3 Å². The van der Waals surface area contributed by atoms with Gasteiger partial charge in [0, 0.05) is 18.2 Å². The number of amides is 1. The van der Waals surface area contributed by atoms with Crippen molar-refractivity contribution >= 4 is 5.91 Å². The molecule has 1 heterocycles. The van der Waals surface area contributed by atoms with E-state index in [4.69, 9.17) is 15.2 Å². The van der Waals surface area contributed by atoms with E-state index < -0.39 is 0 Å². The van der Waals surface area contributed by atoms with Crippen molar-refractivity contribution in [3.63, 3.8) is 0 Å². The maximum Gasteiger partial charge on any atom is 0.231 e. The molecule has 1 fully saturated rings. The molecular weight excluding hydrogens is 256 g/mol. The first kappa shape index (κ1) is 13.2. The molecule has 0 spiro atoms. The predicted octanol–water partition coefficient (Wildman–Crippen LogP) is 1.55. The average Bonchev–Trinajstić information content (AvgIpc) is 2.94. The molecule has 0 radical (unpaired) electrons. The summed E-state index contributed by atoms with van der Waals surface area (Å²) < 4.78 is 10.8. The Bertz CT molecular complexity index is 504. The van der Waals surface area contributed by atoms with Crippen molar-refractivity contribution in [2.75, 3.05) is 6.79 Å². The fraction of sp³-hybridized carbons (Fsp3) is 0.533. The maximum atomic E-state index is 12.2. The number of hydrogen-bond acceptors (Lipinski definition) is 4. The first-order valence-electron chi connectivity index (χ1n) is 7.16. The van der Waals surface area contributed by atoms with Crippen LogP contribution in [0.15, 0.2) is 18.2 Å². The first-order chi connectivity index (χ1) is 9.75. The van der Waals surface area contributed by atoms with Crippen molar-refractivity contribution in [1.29, 1.82) is 0 Å². The number of hydrogen-bond donors (Lipinski definition) is 2. The summed E-state index contributed by atoms with van der Waals surface area (Å²) in [6, 6.07) is 5.70. The third-order valence-electron chi connectivity index (χ3n) is 4.09. The summed E-state index contributed by atoms with van der Waals surface area (Å²) in [6.45, 7) is 0.697. The second kappa shape index (κ2) is 5.71. The highest BCUT2D eigenvalue weighted by Crippen LogP contribution is 2.35. The average molecular weight is 276 g/mol. The molecule has 1 saturated carbocycles. The summed E-state index contributed by atoms with van der Waals surface area (Å²) in [7, 11) is 0. The minimum atomic E-state index is -0.0577. The van der Waals surface area contributed by atoms with Gasteiger partial charge >= 0.3 is 0 Å². The standard InChI is InChI=1S/C15H20N2O3/c16-12-6-2-1-5-11(12)15(18)17-8-10-4-3-7-13-14(10)20-9-19-13/h3-4,7,11-12H,1-2,5-6,8-9,16H2,(H,17,18). The van der Waals surface area contributed by atoms with E-state index in [-0.39, 0.29) is 24.7 Å². The van der Waals surface area contributed by atoms with E-state index in [0.717, 1.165) is 42.7 Å². The quantitative estimate of drug-likeness (QED) is 0.878. The van der Waals surface area contributed by atoms with Gasteiger partial charge in [-0.3, -0.25) is 4.79 Å². The molecule has 1 amide bonds. The van der Waals surface area contributed by atoms with Crippen LogP contribution in [0.2, 0.25) is 0 Å². The highest BCUT2D eigenvalue weighted by atomic mass is 16.7. The third-order valence-corrected chi connectivity index (χ3v) is 4.09. The van der Waals surface area contributed by atoms with E-state index in [0.29, 0.717) is 6.54 Å². The zero-order valence-electron chi connectivity index (χ0n) is 11.4. The fourth-order valence-electron chi connectivity index (χ4n) is 2.93. The van der Waals surface area contributed by atoms with E-state index in [1.54, 1.807) is 0 Å². The second-order valence-electron chi connectivity index (χ2n) is 5.42. The molecule has 108 valence electrons. The second-order valence-corrected chi connectivity index (χ2v) is 5.42. The van der Waals surface area contributed by atoms with Crippen LogP contribution in [0.3, 0.4) is 0 Å². The van der Waals surface area contributed by atoms with Crippen molar-refractivity contribution < 1.29 is 14.3 Å². The number of carbonyl (C=O) groups is 1. The molecule has 5 heteroatoms. The van der Waals surface area contributed by atoms with Gasteiger partial charge in [-0.2, -0.15) is 0 Å². The monoisotopic (exact) mass is 276 g/mol. The third kappa shape index (κ3) is 2.58. The molecule has 1 aliphatic carbocycles. The van der Waals surface area contributed by atoms with Gasteiger partial charge in [-0.1, -0.05) is 25.0 Å². The number of carbonyl (C=O) groups excluding carboxylic acids is 1. The van der Waals surface area contributed by atoms with Gasteiger partial charge in [0.25, 0.3) is 0 Å². The van der Waals surface area contributed by atoms with Gasteiger partial charge in [-0.15, -0.1) is 0 Å². The molecule has 1 aliphatic heterocycles. The Morgan fingerprint density at radius 1 is 1.30 bits per heavy atom. The maximum absolute atomic E-state index is 12.2. The molecule has 2 unspecified atom stereocenters. The number of rotatable bonds is 3. The van der Waals surface area contributed by atoms with E-state index in [9.17, 15) is 4.79 Å². The molecule has 0 aromatic heterocycles. The van der Waals surface area contributed by atoms with Crippen molar-refractivity contribution in [3.05, 3.63) is 23.8 Å². The lowest BCUT2D eigenvalue weighted by atomic mass is 9.84. The Balaban J connectivity index is 1.62. The lowest BCUT2D eigenvalue weighted by Gasteiger charge is -2.27.